The Morgan fingerprint density at radius 1 is 1.29 bits per heavy atom. The summed E-state index contributed by atoms with van der Waals surface area (Å²) >= 11 is 0. The molecule has 0 radical (unpaired) electrons. The van der Waals surface area contributed by atoms with Crippen LogP contribution in [0.25, 0.3) is 0 Å². The van der Waals surface area contributed by atoms with Gasteiger partial charge in [0.25, 0.3) is 10.1 Å². The quantitative estimate of drug-likeness (QED) is 0.740. The molecule has 2 atom stereocenters. The van der Waals surface area contributed by atoms with Crippen molar-refractivity contribution in [3.8, 4) is 0 Å². The molecule has 0 bridgehead atoms. The van der Waals surface area contributed by atoms with E-state index in [-0.39, 0.29) is 19.7 Å². The number of ether oxygens (including phenoxy) is 1. The van der Waals surface area contributed by atoms with E-state index in [0.717, 1.165) is 16.7 Å². The standard InChI is InChI=1S/C14H18N2O7S/c1-24(20,21)23-12-8-16(14(18)19)7-11(12)15-13(17)22-9-10-5-3-2-4-6-10/h2-6,11-12H,7-9H2,1H3,(H,15,17)(H,18,19). The van der Waals surface area contributed by atoms with Crippen molar-refractivity contribution in [3.63, 3.8) is 0 Å². The highest BCUT2D eigenvalue weighted by Gasteiger charge is 2.39. The summed E-state index contributed by atoms with van der Waals surface area (Å²) in [6.07, 6.45) is -2.14. The lowest BCUT2D eigenvalue weighted by atomic mass is 10.2. The van der Waals surface area contributed by atoms with Gasteiger partial charge in [-0.05, 0) is 5.56 Å². The Kier molecular flexibility index (Phi) is 5.62. The molecule has 0 spiro atoms. The van der Waals surface area contributed by atoms with Crippen molar-refractivity contribution < 1.29 is 32.0 Å². The van der Waals surface area contributed by atoms with E-state index in [1.165, 1.54) is 0 Å². The minimum atomic E-state index is -3.79. The fourth-order valence-electron chi connectivity index (χ4n) is 2.31. The van der Waals surface area contributed by atoms with E-state index >= 15 is 0 Å². The van der Waals surface area contributed by atoms with Gasteiger partial charge in [-0.1, -0.05) is 30.3 Å². The van der Waals surface area contributed by atoms with Crippen molar-refractivity contribution in [1.29, 1.82) is 0 Å². The molecule has 0 aromatic heterocycles. The number of carbonyl (C=O) groups excluding carboxylic acids is 1. The number of nitrogens with zero attached hydrogens (tertiary/aromatic N) is 1. The zero-order valence-corrected chi connectivity index (χ0v) is 13.7. The largest absolute Gasteiger partial charge is 0.465 e. The average Bonchev–Trinajstić information content (AvgIpc) is 2.87. The number of alkyl carbamates (subject to hydrolysis) is 1. The first-order chi connectivity index (χ1) is 11.2. The normalized spacial score (nSPS) is 20.6. The number of nitrogens with one attached hydrogen (secondary N) is 1. The summed E-state index contributed by atoms with van der Waals surface area (Å²) in [5.74, 6) is 0. The van der Waals surface area contributed by atoms with Gasteiger partial charge < -0.3 is 20.1 Å². The lowest BCUT2D eigenvalue weighted by Crippen LogP contribution is -2.44. The van der Waals surface area contributed by atoms with Gasteiger partial charge in [-0.2, -0.15) is 8.42 Å². The number of carboxylic acid groups (broad SMARTS) is 1. The molecule has 1 aromatic rings. The number of benzene rings is 1. The van der Waals surface area contributed by atoms with Crippen LogP contribution in [0, 0.1) is 0 Å². The molecule has 132 valence electrons. The van der Waals surface area contributed by atoms with Gasteiger partial charge in [0.05, 0.1) is 18.8 Å². The zero-order valence-electron chi connectivity index (χ0n) is 12.9. The lowest BCUT2D eigenvalue weighted by Gasteiger charge is -2.18. The van der Waals surface area contributed by atoms with Gasteiger partial charge >= 0.3 is 12.2 Å². The topological polar surface area (TPSA) is 122 Å². The number of amides is 2. The maximum Gasteiger partial charge on any atom is 0.407 e. The molecule has 1 aliphatic heterocycles. The summed E-state index contributed by atoms with van der Waals surface area (Å²) in [6.45, 7) is -0.207. The number of carbonyl (C=O) groups is 2. The molecule has 0 aliphatic carbocycles. The van der Waals surface area contributed by atoms with Crippen molar-refractivity contribution in [2.45, 2.75) is 18.8 Å². The van der Waals surface area contributed by atoms with E-state index in [4.69, 9.17) is 14.0 Å². The second kappa shape index (κ2) is 7.49. The molecule has 1 heterocycles. The van der Waals surface area contributed by atoms with Gasteiger partial charge in [0.2, 0.25) is 0 Å². The predicted octanol–water partition coefficient (Wildman–Crippen LogP) is 0.620. The Labute approximate surface area is 139 Å². The Morgan fingerprint density at radius 2 is 1.96 bits per heavy atom. The van der Waals surface area contributed by atoms with Crippen LogP contribution in [0.4, 0.5) is 9.59 Å². The minimum Gasteiger partial charge on any atom is -0.465 e. The van der Waals surface area contributed by atoms with Crippen LogP contribution in [0.15, 0.2) is 30.3 Å². The van der Waals surface area contributed by atoms with Gasteiger partial charge in [0, 0.05) is 6.54 Å². The van der Waals surface area contributed by atoms with Gasteiger partial charge in [-0.25, -0.2) is 9.59 Å². The van der Waals surface area contributed by atoms with Gasteiger partial charge in [0.15, 0.2) is 0 Å². The molecule has 2 N–H and O–H groups in total. The molecule has 2 rings (SSSR count). The predicted molar refractivity (Wildman–Crippen MR) is 82.9 cm³/mol. The van der Waals surface area contributed by atoms with Crippen LogP contribution in [0.1, 0.15) is 5.56 Å². The molecule has 24 heavy (non-hydrogen) atoms. The summed E-state index contributed by atoms with van der Waals surface area (Å²) in [5, 5.41) is 11.5. The second-order valence-electron chi connectivity index (χ2n) is 5.34. The molecular weight excluding hydrogens is 340 g/mol. The van der Waals surface area contributed by atoms with Gasteiger partial charge in [-0.15, -0.1) is 0 Å². The lowest BCUT2D eigenvalue weighted by molar-refractivity contribution is 0.125. The number of hydrogen-bond donors (Lipinski definition) is 2. The smallest absolute Gasteiger partial charge is 0.407 e. The fourth-order valence-corrected chi connectivity index (χ4v) is 2.95. The summed E-state index contributed by atoms with van der Waals surface area (Å²) in [5.41, 5.74) is 0.787. The van der Waals surface area contributed by atoms with Crippen molar-refractivity contribution in [1.82, 2.24) is 10.2 Å². The molecule has 2 unspecified atom stereocenters. The maximum atomic E-state index is 11.9. The van der Waals surface area contributed by atoms with E-state index in [1.54, 1.807) is 24.3 Å². The molecule has 0 saturated carbocycles. The summed E-state index contributed by atoms with van der Waals surface area (Å²) in [6, 6.07) is 8.17. The van der Waals surface area contributed by atoms with E-state index in [9.17, 15) is 18.0 Å². The highest BCUT2D eigenvalue weighted by Crippen LogP contribution is 2.16. The summed E-state index contributed by atoms with van der Waals surface area (Å²) < 4.78 is 32.4. The molecule has 9 nitrogen and oxygen atoms in total. The summed E-state index contributed by atoms with van der Waals surface area (Å²) in [7, 11) is -3.79. The Bertz CT molecular complexity index is 692. The average molecular weight is 358 g/mol. The van der Waals surface area contributed by atoms with Crippen LogP contribution < -0.4 is 5.32 Å². The second-order valence-corrected chi connectivity index (χ2v) is 6.94. The first-order valence-electron chi connectivity index (χ1n) is 7.08. The molecule has 1 aliphatic rings. The Balaban J connectivity index is 1.94. The maximum absolute atomic E-state index is 11.9. The van der Waals surface area contributed by atoms with Crippen LogP contribution in [-0.4, -0.2) is 62.1 Å². The third kappa shape index (κ3) is 5.39. The van der Waals surface area contributed by atoms with Crippen molar-refractivity contribution in [2.75, 3.05) is 19.3 Å². The van der Waals surface area contributed by atoms with E-state index < -0.39 is 34.5 Å². The van der Waals surface area contributed by atoms with Crippen LogP contribution in [-0.2, 0) is 25.6 Å². The number of hydrogen-bond acceptors (Lipinski definition) is 6. The van der Waals surface area contributed by atoms with Gasteiger partial charge in [0.1, 0.15) is 12.7 Å². The van der Waals surface area contributed by atoms with E-state index in [1.807, 2.05) is 6.07 Å². The number of rotatable bonds is 5. The molecule has 2 amide bonds. The first kappa shape index (κ1) is 18.0. The fraction of sp³-hybridized carbons (Fsp3) is 0.429. The van der Waals surface area contributed by atoms with Crippen molar-refractivity contribution >= 4 is 22.3 Å². The molecule has 1 fully saturated rings. The van der Waals surface area contributed by atoms with Crippen LogP contribution in [0.3, 0.4) is 0 Å². The Morgan fingerprint density at radius 3 is 2.54 bits per heavy atom. The third-order valence-corrected chi connectivity index (χ3v) is 3.95. The number of likely N-dealkylation sites (tertiary alicyclic amines) is 1. The zero-order chi connectivity index (χ0) is 17.7. The van der Waals surface area contributed by atoms with E-state index in [0.29, 0.717) is 0 Å². The molecule has 1 aromatic carbocycles. The Hall–Kier alpha value is -2.33. The van der Waals surface area contributed by atoms with Crippen LogP contribution in [0.5, 0.6) is 0 Å². The van der Waals surface area contributed by atoms with Crippen LogP contribution in [0.2, 0.25) is 0 Å². The van der Waals surface area contributed by atoms with Crippen molar-refractivity contribution in [3.05, 3.63) is 35.9 Å². The molecular formula is C14H18N2O7S. The minimum absolute atomic E-state index is 0.0413. The SMILES string of the molecule is CS(=O)(=O)OC1CN(C(=O)O)CC1NC(=O)OCc1ccccc1. The molecule has 1 saturated heterocycles. The highest BCUT2D eigenvalue weighted by atomic mass is 32.2. The highest BCUT2D eigenvalue weighted by molar-refractivity contribution is 7.86. The monoisotopic (exact) mass is 358 g/mol. The molecule has 10 heteroatoms. The van der Waals surface area contributed by atoms with Crippen LogP contribution >= 0.6 is 0 Å². The van der Waals surface area contributed by atoms with Gasteiger partial charge in [-0.3, -0.25) is 4.18 Å². The first-order valence-corrected chi connectivity index (χ1v) is 8.89. The summed E-state index contributed by atoms with van der Waals surface area (Å²) in [4.78, 5) is 23.9. The van der Waals surface area contributed by atoms with E-state index in [2.05, 4.69) is 5.32 Å². The van der Waals surface area contributed by atoms with Crippen molar-refractivity contribution in [2.24, 2.45) is 0 Å². The third-order valence-electron chi connectivity index (χ3n) is 3.35.